The third-order valence-corrected chi connectivity index (χ3v) is 5.85. The van der Waals surface area contributed by atoms with Crippen LogP contribution < -0.4 is 22.1 Å². The summed E-state index contributed by atoms with van der Waals surface area (Å²) in [5, 5.41) is 6.50. The van der Waals surface area contributed by atoms with Gasteiger partial charge in [-0.1, -0.05) is 38.5 Å². The van der Waals surface area contributed by atoms with Crippen molar-refractivity contribution in [1.82, 2.24) is 15.5 Å². The summed E-state index contributed by atoms with van der Waals surface area (Å²) in [6.07, 6.45) is 5.83. The first kappa shape index (κ1) is 20.8. The van der Waals surface area contributed by atoms with Crippen molar-refractivity contribution in [1.29, 1.82) is 0 Å². The molecule has 0 bridgehead atoms. The number of amides is 2. The molecule has 2 amide bonds. The van der Waals surface area contributed by atoms with Crippen molar-refractivity contribution in [2.24, 2.45) is 5.73 Å². The van der Waals surface area contributed by atoms with Gasteiger partial charge in [0.2, 0.25) is 5.91 Å². The Morgan fingerprint density at radius 1 is 1.34 bits per heavy atom. The van der Waals surface area contributed by atoms with Crippen molar-refractivity contribution in [3.8, 4) is 0 Å². The third kappa shape index (κ3) is 3.69. The molecule has 0 spiro atoms. The molecule has 2 heterocycles. The minimum atomic E-state index is -0.546. The van der Waals surface area contributed by atoms with Gasteiger partial charge in [-0.05, 0) is 30.7 Å². The molecular weight excluding hydrogens is 366 g/mol. The first-order valence-corrected chi connectivity index (χ1v) is 10.3. The van der Waals surface area contributed by atoms with Gasteiger partial charge in [0.05, 0.1) is 24.2 Å². The molecule has 7 heteroatoms. The molecule has 29 heavy (non-hydrogen) atoms. The molecule has 2 aliphatic heterocycles. The number of anilines is 1. The van der Waals surface area contributed by atoms with E-state index in [4.69, 9.17) is 11.5 Å². The lowest BCUT2D eigenvalue weighted by atomic mass is 9.90. The largest absolute Gasteiger partial charge is 0.405 e. The standard InChI is InChI=1S/C22H31N5O2/c1-4-7-16-18(5-2)27(13(3)28)21(19-17(26-16)12-25-22(19)29)15-9-6-8-14(10-11-23)20(15)24/h6,8-11,16,18,21,26H,4-5,7,12,23-24H2,1-3H3,(H,25,29)/b11-10-/t16?,18-,21?/m1/s1. The average Bonchev–Trinajstić information content (AvgIpc) is 2.97. The number of carbonyl (C=O) groups excluding carboxylic acids is 2. The molecule has 0 radical (unpaired) electrons. The molecule has 0 saturated heterocycles. The Balaban J connectivity index is 2.25. The maximum atomic E-state index is 12.9. The van der Waals surface area contributed by atoms with E-state index in [0.29, 0.717) is 17.8 Å². The summed E-state index contributed by atoms with van der Waals surface area (Å²) in [6, 6.07) is 5.13. The molecule has 0 fully saturated rings. The van der Waals surface area contributed by atoms with Crippen molar-refractivity contribution < 1.29 is 9.59 Å². The summed E-state index contributed by atoms with van der Waals surface area (Å²) in [6.45, 7) is 6.21. The van der Waals surface area contributed by atoms with Gasteiger partial charge in [-0.25, -0.2) is 0 Å². The van der Waals surface area contributed by atoms with Gasteiger partial charge < -0.3 is 27.0 Å². The second-order valence-corrected chi connectivity index (χ2v) is 7.63. The van der Waals surface area contributed by atoms with E-state index in [1.165, 1.54) is 6.20 Å². The molecule has 1 aromatic rings. The quantitative estimate of drug-likeness (QED) is 0.568. The Hall–Kier alpha value is -2.96. The molecule has 1 aromatic carbocycles. The summed E-state index contributed by atoms with van der Waals surface area (Å²) in [5.41, 5.74) is 15.6. The predicted octanol–water partition coefficient (Wildman–Crippen LogP) is 2.02. The van der Waals surface area contributed by atoms with E-state index in [1.807, 2.05) is 23.1 Å². The molecule has 0 aromatic heterocycles. The molecular formula is C22H31N5O2. The number of hydrogen-bond acceptors (Lipinski definition) is 5. The number of nitrogen functional groups attached to an aromatic ring is 1. The number of para-hydroxylation sites is 1. The van der Waals surface area contributed by atoms with Gasteiger partial charge in [-0.3, -0.25) is 9.59 Å². The van der Waals surface area contributed by atoms with Crippen LogP contribution in [0.3, 0.4) is 0 Å². The van der Waals surface area contributed by atoms with Gasteiger partial charge in [0, 0.05) is 29.9 Å². The van der Waals surface area contributed by atoms with Crippen molar-refractivity contribution in [3.63, 3.8) is 0 Å². The number of benzene rings is 1. The first-order valence-electron chi connectivity index (χ1n) is 10.3. The summed E-state index contributed by atoms with van der Waals surface area (Å²) < 4.78 is 0. The van der Waals surface area contributed by atoms with Crippen LogP contribution in [0.1, 0.15) is 57.2 Å². The number of nitrogens with zero attached hydrogens (tertiary/aromatic N) is 1. The fourth-order valence-corrected chi connectivity index (χ4v) is 4.63. The molecule has 156 valence electrons. The van der Waals surface area contributed by atoms with Crippen LogP contribution >= 0.6 is 0 Å². The van der Waals surface area contributed by atoms with E-state index in [2.05, 4.69) is 24.5 Å². The van der Waals surface area contributed by atoms with Crippen LogP contribution in [0.5, 0.6) is 0 Å². The Bertz CT molecular complexity index is 861. The lowest BCUT2D eigenvalue weighted by molar-refractivity contribution is -0.134. The summed E-state index contributed by atoms with van der Waals surface area (Å²) in [4.78, 5) is 27.7. The maximum Gasteiger partial charge on any atom is 0.251 e. The minimum Gasteiger partial charge on any atom is -0.405 e. The van der Waals surface area contributed by atoms with Gasteiger partial charge in [0.1, 0.15) is 0 Å². The van der Waals surface area contributed by atoms with E-state index in [1.54, 1.807) is 13.0 Å². The Labute approximate surface area is 172 Å². The van der Waals surface area contributed by atoms with E-state index < -0.39 is 6.04 Å². The number of nitrogens with two attached hydrogens (primary N) is 2. The fraction of sp³-hybridized carbons (Fsp3) is 0.455. The lowest BCUT2D eigenvalue weighted by Crippen LogP contribution is -2.51. The smallest absolute Gasteiger partial charge is 0.251 e. The second kappa shape index (κ2) is 8.59. The Kier molecular flexibility index (Phi) is 6.15. The fourth-order valence-electron chi connectivity index (χ4n) is 4.63. The van der Waals surface area contributed by atoms with Crippen LogP contribution in [0.2, 0.25) is 0 Å². The Morgan fingerprint density at radius 3 is 2.72 bits per heavy atom. The molecule has 6 N–H and O–H groups in total. The monoisotopic (exact) mass is 397 g/mol. The van der Waals surface area contributed by atoms with Crippen LogP contribution in [0, 0.1) is 0 Å². The minimum absolute atomic E-state index is 0.0519. The highest BCUT2D eigenvalue weighted by molar-refractivity contribution is 5.99. The van der Waals surface area contributed by atoms with E-state index in [-0.39, 0.29) is 23.9 Å². The van der Waals surface area contributed by atoms with E-state index in [9.17, 15) is 9.59 Å². The average molecular weight is 398 g/mol. The first-order chi connectivity index (χ1) is 13.9. The third-order valence-electron chi connectivity index (χ3n) is 5.85. The summed E-state index contributed by atoms with van der Waals surface area (Å²) in [7, 11) is 0. The van der Waals surface area contributed by atoms with Gasteiger partial charge in [-0.15, -0.1) is 0 Å². The molecule has 2 unspecified atom stereocenters. The number of nitrogens with one attached hydrogen (secondary N) is 2. The van der Waals surface area contributed by atoms with Crippen LogP contribution in [0.4, 0.5) is 5.69 Å². The maximum absolute atomic E-state index is 12.9. The number of rotatable bonds is 5. The zero-order valence-corrected chi connectivity index (χ0v) is 17.4. The highest BCUT2D eigenvalue weighted by atomic mass is 16.2. The SMILES string of the molecule is CCCC1NC2=C(C(=O)NC2)C(c2cccc(/C=C\N)c2N)N(C(C)=O)[C@@H]1CC. The topological polar surface area (TPSA) is 113 Å². The molecule has 7 nitrogen and oxygen atoms in total. The highest BCUT2D eigenvalue weighted by Crippen LogP contribution is 2.41. The van der Waals surface area contributed by atoms with E-state index in [0.717, 1.165) is 36.1 Å². The number of carbonyl (C=O) groups is 2. The van der Waals surface area contributed by atoms with Gasteiger partial charge >= 0.3 is 0 Å². The van der Waals surface area contributed by atoms with E-state index >= 15 is 0 Å². The Morgan fingerprint density at radius 2 is 2.10 bits per heavy atom. The highest BCUT2D eigenvalue weighted by Gasteiger charge is 2.44. The van der Waals surface area contributed by atoms with Crippen LogP contribution in [-0.4, -0.2) is 35.3 Å². The number of hydrogen-bond donors (Lipinski definition) is 4. The van der Waals surface area contributed by atoms with Gasteiger partial charge in [0.15, 0.2) is 0 Å². The molecule has 3 rings (SSSR count). The molecule has 0 saturated carbocycles. The predicted molar refractivity (Wildman–Crippen MR) is 115 cm³/mol. The van der Waals surface area contributed by atoms with Gasteiger partial charge in [0.25, 0.3) is 5.91 Å². The molecule has 0 aliphatic carbocycles. The normalized spacial score (nSPS) is 24.3. The zero-order chi connectivity index (χ0) is 21.1. The lowest BCUT2D eigenvalue weighted by Gasteiger charge is -2.40. The molecule has 2 aliphatic rings. The van der Waals surface area contributed by atoms with Crippen molar-refractivity contribution in [3.05, 3.63) is 46.8 Å². The summed E-state index contributed by atoms with van der Waals surface area (Å²) >= 11 is 0. The zero-order valence-electron chi connectivity index (χ0n) is 17.4. The molecule has 3 atom stereocenters. The van der Waals surface area contributed by atoms with Crippen LogP contribution in [0.15, 0.2) is 35.7 Å². The van der Waals surface area contributed by atoms with Crippen molar-refractivity contribution in [2.45, 2.75) is 58.2 Å². The van der Waals surface area contributed by atoms with Crippen LogP contribution in [-0.2, 0) is 9.59 Å². The summed E-state index contributed by atoms with van der Waals surface area (Å²) in [5.74, 6) is -0.229. The van der Waals surface area contributed by atoms with Crippen molar-refractivity contribution in [2.75, 3.05) is 12.3 Å². The van der Waals surface area contributed by atoms with Gasteiger partial charge in [-0.2, -0.15) is 0 Å². The van der Waals surface area contributed by atoms with Crippen molar-refractivity contribution >= 4 is 23.6 Å². The second-order valence-electron chi connectivity index (χ2n) is 7.63. The van der Waals surface area contributed by atoms with Crippen LogP contribution in [0.25, 0.3) is 6.08 Å².